The predicted octanol–water partition coefficient (Wildman–Crippen LogP) is 3.23. The van der Waals surface area contributed by atoms with Gasteiger partial charge in [-0.25, -0.2) is 0 Å². The molecule has 8 nitrogen and oxygen atoms in total. The highest BCUT2D eigenvalue weighted by molar-refractivity contribution is 5.79. The smallest absolute Gasteiger partial charge is 0.318 e. The predicted molar refractivity (Wildman–Crippen MR) is 112 cm³/mol. The number of aromatic nitrogens is 3. The minimum atomic E-state index is -0.0628. The SMILES string of the molecule is COc1ccc(-c2nnc(N3CCC(C(=O)NC(C)c4cccnc4)CC3)o2)cc1. The molecule has 1 atom stereocenters. The van der Waals surface area contributed by atoms with Crippen molar-refractivity contribution in [2.45, 2.75) is 25.8 Å². The third-order valence-corrected chi connectivity index (χ3v) is 5.43. The van der Waals surface area contributed by atoms with Crippen LogP contribution in [0.25, 0.3) is 11.5 Å². The van der Waals surface area contributed by atoms with Gasteiger partial charge in [-0.3, -0.25) is 9.78 Å². The number of rotatable bonds is 6. The maximum Gasteiger partial charge on any atom is 0.318 e. The van der Waals surface area contributed by atoms with Crippen molar-refractivity contribution in [3.05, 3.63) is 54.4 Å². The largest absolute Gasteiger partial charge is 0.497 e. The number of ether oxygens (including phenoxy) is 1. The number of nitrogens with zero attached hydrogens (tertiary/aromatic N) is 4. The van der Waals surface area contributed by atoms with Crippen molar-refractivity contribution in [1.29, 1.82) is 0 Å². The van der Waals surface area contributed by atoms with E-state index in [1.807, 2.05) is 48.2 Å². The fourth-order valence-corrected chi connectivity index (χ4v) is 3.57. The number of methoxy groups -OCH3 is 1. The monoisotopic (exact) mass is 407 g/mol. The number of amides is 1. The summed E-state index contributed by atoms with van der Waals surface area (Å²) in [6.45, 7) is 3.37. The van der Waals surface area contributed by atoms with Crippen LogP contribution in [0.4, 0.5) is 6.01 Å². The van der Waals surface area contributed by atoms with Gasteiger partial charge in [0.15, 0.2) is 0 Å². The molecule has 1 aliphatic heterocycles. The molecular weight excluding hydrogens is 382 g/mol. The molecule has 3 heterocycles. The van der Waals surface area contributed by atoms with Crippen molar-refractivity contribution < 1.29 is 13.9 Å². The first-order chi connectivity index (χ1) is 14.6. The number of hydrogen-bond acceptors (Lipinski definition) is 7. The molecule has 1 saturated heterocycles. The molecule has 1 N–H and O–H groups in total. The standard InChI is InChI=1S/C22H25N5O3/c1-15(18-4-3-11-23-14-18)24-20(28)16-9-12-27(13-10-16)22-26-25-21(30-22)17-5-7-19(29-2)8-6-17/h3-8,11,14-16H,9-10,12-13H2,1-2H3,(H,24,28). The molecule has 30 heavy (non-hydrogen) atoms. The summed E-state index contributed by atoms with van der Waals surface area (Å²) in [5.41, 5.74) is 1.84. The molecule has 156 valence electrons. The molecule has 8 heteroatoms. The van der Waals surface area contributed by atoms with Crippen LogP contribution in [0.3, 0.4) is 0 Å². The molecular formula is C22H25N5O3. The fourth-order valence-electron chi connectivity index (χ4n) is 3.57. The first-order valence-corrected chi connectivity index (χ1v) is 10.1. The van der Waals surface area contributed by atoms with E-state index in [2.05, 4.69) is 20.5 Å². The first kappa shape index (κ1) is 19.9. The Morgan fingerprint density at radius 1 is 1.20 bits per heavy atom. The number of anilines is 1. The molecule has 0 saturated carbocycles. The van der Waals surface area contributed by atoms with Gasteiger partial charge in [-0.1, -0.05) is 11.2 Å². The maximum absolute atomic E-state index is 12.7. The van der Waals surface area contributed by atoms with Gasteiger partial charge in [0.05, 0.1) is 13.2 Å². The molecule has 1 aromatic carbocycles. The van der Waals surface area contributed by atoms with Crippen molar-refractivity contribution in [3.8, 4) is 17.2 Å². The van der Waals surface area contributed by atoms with Gasteiger partial charge < -0.3 is 19.4 Å². The lowest BCUT2D eigenvalue weighted by molar-refractivity contribution is -0.126. The highest BCUT2D eigenvalue weighted by Gasteiger charge is 2.28. The molecule has 1 amide bonds. The topological polar surface area (TPSA) is 93.4 Å². The van der Waals surface area contributed by atoms with Crippen LogP contribution in [0.15, 0.2) is 53.2 Å². The Bertz CT molecular complexity index is 966. The molecule has 4 rings (SSSR count). The van der Waals surface area contributed by atoms with Gasteiger partial charge in [-0.2, -0.15) is 0 Å². The Morgan fingerprint density at radius 3 is 2.63 bits per heavy atom. The van der Waals surface area contributed by atoms with E-state index in [-0.39, 0.29) is 17.9 Å². The van der Waals surface area contributed by atoms with Crippen LogP contribution < -0.4 is 15.0 Å². The zero-order valence-corrected chi connectivity index (χ0v) is 17.1. The zero-order valence-electron chi connectivity index (χ0n) is 17.1. The van der Waals surface area contributed by atoms with Gasteiger partial charge in [-0.15, -0.1) is 5.10 Å². The number of pyridine rings is 1. The van der Waals surface area contributed by atoms with E-state index < -0.39 is 0 Å². The van der Waals surface area contributed by atoms with Crippen LogP contribution in [0.5, 0.6) is 5.75 Å². The Morgan fingerprint density at radius 2 is 1.97 bits per heavy atom. The summed E-state index contributed by atoms with van der Waals surface area (Å²) < 4.78 is 11.0. The van der Waals surface area contributed by atoms with Gasteiger partial charge >= 0.3 is 6.01 Å². The second-order valence-electron chi connectivity index (χ2n) is 7.40. The summed E-state index contributed by atoms with van der Waals surface area (Å²) in [4.78, 5) is 18.8. The number of benzene rings is 1. The number of hydrogen-bond donors (Lipinski definition) is 1. The van der Waals surface area contributed by atoms with E-state index >= 15 is 0 Å². The van der Waals surface area contributed by atoms with Gasteiger partial charge in [0.25, 0.3) is 0 Å². The van der Waals surface area contributed by atoms with Crippen molar-refractivity contribution in [2.75, 3.05) is 25.1 Å². The Balaban J connectivity index is 1.32. The molecule has 0 bridgehead atoms. The lowest BCUT2D eigenvalue weighted by Gasteiger charge is -2.30. The summed E-state index contributed by atoms with van der Waals surface area (Å²) in [5.74, 6) is 1.30. The van der Waals surface area contributed by atoms with Crippen LogP contribution in [0, 0.1) is 5.92 Å². The second kappa shape index (κ2) is 8.94. The molecule has 1 fully saturated rings. The first-order valence-electron chi connectivity index (χ1n) is 10.1. The molecule has 0 spiro atoms. The van der Waals surface area contributed by atoms with Crippen molar-refractivity contribution in [1.82, 2.24) is 20.5 Å². The third-order valence-electron chi connectivity index (χ3n) is 5.43. The molecule has 1 unspecified atom stereocenters. The van der Waals surface area contributed by atoms with Crippen molar-refractivity contribution in [2.24, 2.45) is 5.92 Å². The number of carbonyl (C=O) groups excluding carboxylic acids is 1. The van der Waals surface area contributed by atoms with Crippen LogP contribution in [0.1, 0.15) is 31.4 Å². The molecule has 0 aliphatic carbocycles. The maximum atomic E-state index is 12.7. The van der Waals surface area contributed by atoms with Gasteiger partial charge in [0.1, 0.15) is 5.75 Å². The summed E-state index contributed by atoms with van der Waals surface area (Å²) in [5, 5.41) is 11.4. The van der Waals surface area contributed by atoms with E-state index in [1.54, 1.807) is 19.5 Å². The third kappa shape index (κ3) is 4.42. The van der Waals surface area contributed by atoms with Gasteiger partial charge in [0, 0.05) is 37.0 Å². The average molecular weight is 407 g/mol. The number of piperidine rings is 1. The van der Waals surface area contributed by atoms with E-state index in [9.17, 15) is 4.79 Å². The lowest BCUT2D eigenvalue weighted by Crippen LogP contribution is -2.41. The minimum absolute atomic E-state index is 0.0237. The van der Waals surface area contributed by atoms with Crippen LogP contribution in [0.2, 0.25) is 0 Å². The molecule has 3 aromatic rings. The summed E-state index contributed by atoms with van der Waals surface area (Å²) in [6.07, 6.45) is 4.99. The molecule has 0 radical (unpaired) electrons. The zero-order chi connectivity index (χ0) is 20.9. The number of nitrogens with one attached hydrogen (secondary N) is 1. The van der Waals surface area contributed by atoms with Crippen LogP contribution in [-0.2, 0) is 4.79 Å². The number of carbonyl (C=O) groups is 1. The van der Waals surface area contributed by atoms with E-state index in [4.69, 9.17) is 9.15 Å². The second-order valence-corrected chi connectivity index (χ2v) is 7.40. The quantitative estimate of drug-likeness (QED) is 0.670. The Kier molecular flexibility index (Phi) is 5.92. The van der Waals surface area contributed by atoms with Gasteiger partial charge in [0.2, 0.25) is 11.8 Å². The summed E-state index contributed by atoms with van der Waals surface area (Å²) in [6, 6.07) is 11.8. The van der Waals surface area contributed by atoms with E-state index in [0.29, 0.717) is 25.0 Å². The van der Waals surface area contributed by atoms with Crippen molar-refractivity contribution >= 4 is 11.9 Å². The minimum Gasteiger partial charge on any atom is -0.497 e. The Labute approximate surface area is 175 Å². The van der Waals surface area contributed by atoms with Crippen LogP contribution >= 0.6 is 0 Å². The molecule has 2 aromatic heterocycles. The van der Waals surface area contributed by atoms with E-state index in [1.165, 1.54) is 0 Å². The summed E-state index contributed by atoms with van der Waals surface area (Å²) >= 11 is 0. The van der Waals surface area contributed by atoms with Crippen LogP contribution in [-0.4, -0.2) is 41.3 Å². The highest BCUT2D eigenvalue weighted by atomic mass is 16.5. The van der Waals surface area contributed by atoms with Gasteiger partial charge in [-0.05, 0) is 55.7 Å². The van der Waals surface area contributed by atoms with E-state index in [0.717, 1.165) is 29.7 Å². The fraction of sp³-hybridized carbons (Fsp3) is 0.364. The summed E-state index contributed by atoms with van der Waals surface area (Å²) in [7, 11) is 1.63. The van der Waals surface area contributed by atoms with Crippen molar-refractivity contribution in [3.63, 3.8) is 0 Å². The Hall–Kier alpha value is -3.42. The normalized spacial score (nSPS) is 15.6. The highest BCUT2D eigenvalue weighted by Crippen LogP contribution is 2.27. The average Bonchev–Trinajstić information content (AvgIpc) is 3.30. The molecule has 1 aliphatic rings. The lowest BCUT2D eigenvalue weighted by atomic mass is 9.95.